The molecule has 3 nitrogen and oxygen atoms in total. The third-order valence-corrected chi connectivity index (χ3v) is 2.08. The summed E-state index contributed by atoms with van der Waals surface area (Å²) < 4.78 is 5.04. The monoisotopic (exact) mass is 239 g/mol. The number of esters is 1. The Labute approximate surface area is 100 Å². The molecule has 0 saturated carbocycles. The van der Waals surface area contributed by atoms with E-state index in [2.05, 4.69) is 11.9 Å². The fourth-order valence-electron chi connectivity index (χ4n) is 1.12. The summed E-state index contributed by atoms with van der Waals surface area (Å²) in [6.07, 6.45) is 1.68. The zero-order valence-electron chi connectivity index (χ0n) is 8.91. The average Bonchev–Trinajstić information content (AvgIpc) is 2.27. The maximum absolute atomic E-state index is 11.2. The van der Waals surface area contributed by atoms with E-state index >= 15 is 0 Å². The first-order chi connectivity index (χ1) is 7.72. The Hall–Kier alpha value is -1.32. The quantitative estimate of drug-likeness (QED) is 0.470. The molecule has 0 spiro atoms. The zero-order chi connectivity index (χ0) is 11.8. The fraction of sp³-hybridized carbons (Fsp3) is 0.250. The second kappa shape index (κ2) is 7.04. The van der Waals surface area contributed by atoms with Gasteiger partial charge in [-0.15, -0.1) is 6.58 Å². The predicted molar refractivity (Wildman–Crippen MR) is 64.3 cm³/mol. The third kappa shape index (κ3) is 4.96. The van der Waals surface area contributed by atoms with Crippen LogP contribution in [-0.2, 0) is 16.1 Å². The Morgan fingerprint density at radius 2 is 2.38 bits per heavy atom. The van der Waals surface area contributed by atoms with E-state index in [1.807, 2.05) is 12.1 Å². The van der Waals surface area contributed by atoms with Crippen molar-refractivity contribution in [1.29, 1.82) is 0 Å². The second-order valence-corrected chi connectivity index (χ2v) is 3.65. The maximum atomic E-state index is 11.2. The van der Waals surface area contributed by atoms with Crippen LogP contribution in [-0.4, -0.2) is 19.1 Å². The zero-order valence-corrected chi connectivity index (χ0v) is 9.67. The van der Waals surface area contributed by atoms with E-state index in [4.69, 9.17) is 16.3 Å². The molecular weight excluding hydrogens is 226 g/mol. The topological polar surface area (TPSA) is 38.3 Å². The highest BCUT2D eigenvalue weighted by molar-refractivity contribution is 6.30. The van der Waals surface area contributed by atoms with E-state index < -0.39 is 0 Å². The molecule has 0 fully saturated rings. The van der Waals surface area contributed by atoms with Gasteiger partial charge in [0.25, 0.3) is 0 Å². The van der Waals surface area contributed by atoms with Gasteiger partial charge < -0.3 is 10.1 Å². The van der Waals surface area contributed by atoms with Crippen molar-refractivity contribution < 1.29 is 9.53 Å². The van der Waals surface area contributed by atoms with Crippen LogP contribution in [0, 0.1) is 0 Å². The molecule has 86 valence electrons. The lowest BCUT2D eigenvalue weighted by Gasteiger charge is -2.05. The number of hydrogen-bond donors (Lipinski definition) is 1. The molecule has 0 heterocycles. The van der Waals surface area contributed by atoms with Crippen molar-refractivity contribution in [1.82, 2.24) is 5.32 Å². The Kier molecular flexibility index (Phi) is 5.61. The molecule has 0 amide bonds. The van der Waals surface area contributed by atoms with Crippen LogP contribution in [0.3, 0.4) is 0 Å². The highest BCUT2D eigenvalue weighted by Gasteiger charge is 2.02. The van der Waals surface area contributed by atoms with Gasteiger partial charge in [0, 0.05) is 11.6 Å². The Morgan fingerprint density at radius 1 is 1.56 bits per heavy atom. The lowest BCUT2D eigenvalue weighted by molar-refractivity contribution is -0.143. The van der Waals surface area contributed by atoms with Gasteiger partial charge in [-0.25, -0.2) is 0 Å². The number of hydrogen-bond acceptors (Lipinski definition) is 3. The molecule has 0 bridgehead atoms. The SMILES string of the molecule is C=CCNCC(=O)OCc1cccc(Cl)c1. The van der Waals surface area contributed by atoms with Crippen molar-refractivity contribution >= 4 is 17.6 Å². The van der Waals surface area contributed by atoms with E-state index in [0.29, 0.717) is 11.6 Å². The highest BCUT2D eigenvalue weighted by atomic mass is 35.5. The number of nitrogens with one attached hydrogen (secondary N) is 1. The molecule has 0 radical (unpaired) electrons. The van der Waals surface area contributed by atoms with Crippen LogP contribution in [0.1, 0.15) is 5.56 Å². The van der Waals surface area contributed by atoms with Crippen LogP contribution in [0.5, 0.6) is 0 Å². The molecule has 1 N–H and O–H groups in total. The van der Waals surface area contributed by atoms with E-state index in [9.17, 15) is 4.79 Å². The molecule has 0 aliphatic carbocycles. The molecule has 1 rings (SSSR count). The molecule has 0 unspecified atom stereocenters. The van der Waals surface area contributed by atoms with E-state index in [-0.39, 0.29) is 19.1 Å². The summed E-state index contributed by atoms with van der Waals surface area (Å²) in [5, 5.41) is 3.50. The van der Waals surface area contributed by atoms with Gasteiger partial charge in [0.1, 0.15) is 6.61 Å². The molecule has 0 aliphatic heterocycles. The van der Waals surface area contributed by atoms with Gasteiger partial charge in [-0.2, -0.15) is 0 Å². The molecule has 1 aromatic carbocycles. The fourth-order valence-corrected chi connectivity index (χ4v) is 1.33. The van der Waals surface area contributed by atoms with Gasteiger partial charge in [-0.3, -0.25) is 4.79 Å². The smallest absolute Gasteiger partial charge is 0.320 e. The molecule has 1 aromatic rings. The first-order valence-corrected chi connectivity index (χ1v) is 5.32. The summed E-state index contributed by atoms with van der Waals surface area (Å²) in [7, 11) is 0. The number of rotatable bonds is 6. The molecule has 0 atom stereocenters. The van der Waals surface area contributed by atoms with Crippen molar-refractivity contribution in [2.24, 2.45) is 0 Å². The van der Waals surface area contributed by atoms with Crippen LogP contribution in [0.25, 0.3) is 0 Å². The lowest BCUT2D eigenvalue weighted by atomic mass is 10.2. The number of carbonyl (C=O) groups excluding carboxylic acids is 1. The first kappa shape index (κ1) is 12.7. The summed E-state index contributed by atoms with van der Waals surface area (Å²) in [4.78, 5) is 11.2. The molecular formula is C12H14ClNO2. The van der Waals surface area contributed by atoms with Crippen LogP contribution >= 0.6 is 11.6 Å². The Morgan fingerprint density at radius 3 is 3.06 bits per heavy atom. The number of ether oxygens (including phenoxy) is 1. The standard InChI is InChI=1S/C12H14ClNO2/c1-2-6-14-8-12(15)16-9-10-4-3-5-11(13)7-10/h2-5,7,14H,1,6,8-9H2. The summed E-state index contributed by atoms with van der Waals surface area (Å²) in [6.45, 7) is 4.55. The normalized spacial score (nSPS) is 9.81. The van der Waals surface area contributed by atoms with Crippen molar-refractivity contribution in [2.45, 2.75) is 6.61 Å². The minimum Gasteiger partial charge on any atom is -0.460 e. The third-order valence-electron chi connectivity index (χ3n) is 1.85. The van der Waals surface area contributed by atoms with Crippen molar-refractivity contribution in [3.05, 3.63) is 47.5 Å². The van der Waals surface area contributed by atoms with Gasteiger partial charge in [0.15, 0.2) is 0 Å². The largest absolute Gasteiger partial charge is 0.460 e. The van der Waals surface area contributed by atoms with Crippen LogP contribution in [0.15, 0.2) is 36.9 Å². The molecule has 0 aliphatic rings. The first-order valence-electron chi connectivity index (χ1n) is 4.94. The van der Waals surface area contributed by atoms with Gasteiger partial charge in [0.2, 0.25) is 0 Å². The average molecular weight is 240 g/mol. The van der Waals surface area contributed by atoms with E-state index in [1.165, 1.54) is 0 Å². The van der Waals surface area contributed by atoms with Crippen molar-refractivity contribution in [3.63, 3.8) is 0 Å². The van der Waals surface area contributed by atoms with Crippen LogP contribution in [0.4, 0.5) is 0 Å². The summed E-state index contributed by atoms with van der Waals surface area (Å²) in [6, 6.07) is 7.22. The lowest BCUT2D eigenvalue weighted by Crippen LogP contribution is -2.24. The maximum Gasteiger partial charge on any atom is 0.320 e. The molecule has 0 saturated heterocycles. The number of carbonyl (C=O) groups is 1. The van der Waals surface area contributed by atoms with E-state index in [0.717, 1.165) is 5.56 Å². The van der Waals surface area contributed by atoms with Gasteiger partial charge in [0.05, 0.1) is 6.54 Å². The molecule has 4 heteroatoms. The van der Waals surface area contributed by atoms with Gasteiger partial charge in [-0.1, -0.05) is 29.8 Å². The summed E-state index contributed by atoms with van der Waals surface area (Å²) >= 11 is 5.80. The Bertz CT molecular complexity index is 366. The molecule has 0 aromatic heterocycles. The minimum atomic E-state index is -0.290. The van der Waals surface area contributed by atoms with E-state index in [1.54, 1.807) is 18.2 Å². The molecule has 16 heavy (non-hydrogen) atoms. The van der Waals surface area contributed by atoms with Crippen molar-refractivity contribution in [2.75, 3.05) is 13.1 Å². The van der Waals surface area contributed by atoms with Crippen molar-refractivity contribution in [3.8, 4) is 0 Å². The van der Waals surface area contributed by atoms with Gasteiger partial charge >= 0.3 is 5.97 Å². The highest BCUT2D eigenvalue weighted by Crippen LogP contribution is 2.11. The van der Waals surface area contributed by atoms with Crippen LogP contribution < -0.4 is 5.32 Å². The summed E-state index contributed by atoms with van der Waals surface area (Å²) in [5.41, 5.74) is 0.879. The number of halogens is 1. The van der Waals surface area contributed by atoms with Crippen LogP contribution in [0.2, 0.25) is 5.02 Å². The Balaban J connectivity index is 2.28. The minimum absolute atomic E-state index is 0.187. The predicted octanol–water partition coefficient (Wildman–Crippen LogP) is 2.16. The number of benzene rings is 1. The second-order valence-electron chi connectivity index (χ2n) is 3.21. The summed E-state index contributed by atoms with van der Waals surface area (Å²) in [5.74, 6) is -0.290. The van der Waals surface area contributed by atoms with Gasteiger partial charge in [-0.05, 0) is 17.7 Å².